The van der Waals surface area contributed by atoms with Crippen LogP contribution in [-0.2, 0) is 30.3 Å². The Kier molecular flexibility index (Phi) is 11.2. The van der Waals surface area contributed by atoms with Crippen LogP contribution in [0.5, 0.6) is 5.75 Å². The fraction of sp³-hybridized carbons (Fsp3) is 0.556. The Balaban J connectivity index is 2.34. The highest BCUT2D eigenvalue weighted by Gasteiger charge is 2.31. The monoisotopic (exact) mass is 579 g/mol. The van der Waals surface area contributed by atoms with Gasteiger partial charge in [-0.05, 0) is 73.2 Å². The van der Waals surface area contributed by atoms with E-state index in [1.54, 1.807) is 26.0 Å². The second-order valence-electron chi connectivity index (χ2n) is 10.0. The molecule has 5 unspecified atom stereocenters. The summed E-state index contributed by atoms with van der Waals surface area (Å²) in [6.45, 7) is 8.85. The van der Waals surface area contributed by atoms with Crippen molar-refractivity contribution in [2.24, 2.45) is 11.8 Å². The molecule has 0 saturated heterocycles. The fourth-order valence-corrected chi connectivity index (χ4v) is 4.81. The van der Waals surface area contributed by atoms with Crippen molar-refractivity contribution >= 4 is 39.6 Å². The largest absolute Gasteiger partial charge is 0.507 e. The maximum Gasteiger partial charge on any atom is 0.328 e. The van der Waals surface area contributed by atoms with Crippen LogP contribution in [0, 0.1) is 11.8 Å². The summed E-state index contributed by atoms with van der Waals surface area (Å²) in [6, 6.07) is 2.89. The number of cyclic esters (lactones) is 1. The summed E-state index contributed by atoms with van der Waals surface area (Å²) in [6.07, 6.45) is 2.94. The van der Waals surface area contributed by atoms with Crippen LogP contribution < -0.4 is 10.6 Å². The Bertz CT molecular complexity index is 1040. The summed E-state index contributed by atoms with van der Waals surface area (Å²) in [4.78, 5) is 52.9. The number of benzene rings is 1. The average molecular weight is 581 g/mol. The molecule has 0 spiro atoms. The van der Waals surface area contributed by atoms with Gasteiger partial charge in [-0.15, -0.1) is 0 Å². The van der Waals surface area contributed by atoms with Crippen molar-refractivity contribution in [2.75, 3.05) is 13.6 Å². The van der Waals surface area contributed by atoms with E-state index in [4.69, 9.17) is 4.74 Å². The Morgan fingerprint density at radius 3 is 2.43 bits per heavy atom. The van der Waals surface area contributed by atoms with E-state index in [1.807, 2.05) is 13.8 Å². The molecule has 10 heteroatoms. The van der Waals surface area contributed by atoms with Crippen molar-refractivity contribution in [3.8, 4) is 5.75 Å². The molecule has 1 aromatic carbocycles. The van der Waals surface area contributed by atoms with Gasteiger partial charge in [-0.2, -0.15) is 0 Å². The summed E-state index contributed by atoms with van der Waals surface area (Å²) in [7, 11) is 1.48. The Morgan fingerprint density at radius 2 is 1.78 bits per heavy atom. The zero-order chi connectivity index (χ0) is 27.9. The first kappa shape index (κ1) is 30.3. The Labute approximate surface area is 227 Å². The second kappa shape index (κ2) is 13.6. The minimum atomic E-state index is -0.977. The van der Waals surface area contributed by atoms with Crippen molar-refractivity contribution in [1.29, 1.82) is 0 Å². The maximum atomic E-state index is 13.3. The van der Waals surface area contributed by atoms with E-state index in [2.05, 4.69) is 32.6 Å². The number of esters is 1. The van der Waals surface area contributed by atoms with Crippen LogP contribution in [0.4, 0.5) is 0 Å². The van der Waals surface area contributed by atoms with Crippen LogP contribution in [0.2, 0.25) is 0 Å². The highest BCUT2D eigenvalue weighted by molar-refractivity contribution is 9.10. The summed E-state index contributed by atoms with van der Waals surface area (Å²) < 4.78 is 6.02. The SMILES string of the molecule is C/C1=C/C(C)CC(C)OC(=O)C(C)NC(=O)C(Cc2ccc(O)c(Br)c2)N(C)C(=O)CNC(=O)C(C)C1. The molecule has 0 aromatic heterocycles. The number of carbonyl (C=O) groups excluding carboxylic acids is 4. The van der Waals surface area contributed by atoms with Crippen LogP contribution in [0.3, 0.4) is 0 Å². The number of ether oxygens (including phenoxy) is 1. The van der Waals surface area contributed by atoms with Gasteiger partial charge in [0.2, 0.25) is 17.7 Å². The number of likely N-dealkylation sites (N-methyl/N-ethyl adjacent to an activating group) is 1. The topological polar surface area (TPSA) is 125 Å². The summed E-state index contributed by atoms with van der Waals surface area (Å²) in [5.41, 5.74) is 1.73. The number of rotatable bonds is 2. The van der Waals surface area contributed by atoms with Crippen molar-refractivity contribution in [3.05, 3.63) is 39.9 Å². The van der Waals surface area contributed by atoms with Crippen molar-refractivity contribution in [2.45, 2.75) is 72.1 Å². The maximum absolute atomic E-state index is 13.3. The number of phenolic OH excluding ortho intramolecular Hbond substituents is 1. The smallest absolute Gasteiger partial charge is 0.328 e. The van der Waals surface area contributed by atoms with E-state index in [9.17, 15) is 24.3 Å². The van der Waals surface area contributed by atoms with Gasteiger partial charge in [-0.3, -0.25) is 14.4 Å². The molecule has 9 nitrogen and oxygen atoms in total. The van der Waals surface area contributed by atoms with Gasteiger partial charge < -0.3 is 25.4 Å². The summed E-state index contributed by atoms with van der Waals surface area (Å²) in [5.74, 6) is -1.98. The van der Waals surface area contributed by atoms with E-state index in [0.29, 0.717) is 22.9 Å². The van der Waals surface area contributed by atoms with E-state index < -0.39 is 29.9 Å². The highest BCUT2D eigenvalue weighted by Crippen LogP contribution is 2.25. The minimum absolute atomic E-state index is 0.0454. The van der Waals surface area contributed by atoms with Crippen LogP contribution in [0.25, 0.3) is 0 Å². The molecule has 1 heterocycles. The molecule has 5 atom stereocenters. The van der Waals surface area contributed by atoms with Gasteiger partial charge in [0.25, 0.3) is 0 Å². The molecule has 2 rings (SSSR count). The van der Waals surface area contributed by atoms with E-state index in [0.717, 1.165) is 5.57 Å². The Hall–Kier alpha value is -2.88. The first-order valence-electron chi connectivity index (χ1n) is 12.5. The van der Waals surface area contributed by atoms with Gasteiger partial charge in [0.15, 0.2) is 0 Å². The normalized spacial score (nSPS) is 28.8. The number of carbonyl (C=O) groups is 4. The fourth-order valence-electron chi connectivity index (χ4n) is 4.38. The average Bonchev–Trinajstić information content (AvgIpc) is 2.81. The zero-order valence-electron chi connectivity index (χ0n) is 22.3. The quantitative estimate of drug-likeness (QED) is 0.365. The second-order valence-corrected chi connectivity index (χ2v) is 10.9. The van der Waals surface area contributed by atoms with Crippen molar-refractivity contribution < 1.29 is 29.0 Å². The number of phenols is 1. The Morgan fingerprint density at radius 1 is 1.11 bits per heavy atom. The molecule has 0 bridgehead atoms. The van der Waals surface area contributed by atoms with Gasteiger partial charge in [0, 0.05) is 19.4 Å². The molecular weight excluding hydrogens is 542 g/mol. The molecule has 0 fully saturated rings. The van der Waals surface area contributed by atoms with Crippen LogP contribution in [0.15, 0.2) is 34.3 Å². The molecule has 1 aromatic rings. The third kappa shape index (κ3) is 9.18. The summed E-state index contributed by atoms with van der Waals surface area (Å²) >= 11 is 3.26. The lowest BCUT2D eigenvalue weighted by atomic mass is 9.96. The van der Waals surface area contributed by atoms with E-state index in [1.165, 1.54) is 24.9 Å². The lowest BCUT2D eigenvalue weighted by Crippen LogP contribution is -2.54. The van der Waals surface area contributed by atoms with E-state index >= 15 is 0 Å². The predicted molar refractivity (Wildman–Crippen MR) is 144 cm³/mol. The zero-order valence-corrected chi connectivity index (χ0v) is 23.9. The molecular formula is C27H38BrN3O6. The van der Waals surface area contributed by atoms with Crippen molar-refractivity contribution in [1.82, 2.24) is 15.5 Å². The van der Waals surface area contributed by atoms with Crippen LogP contribution >= 0.6 is 15.9 Å². The summed E-state index contributed by atoms with van der Waals surface area (Å²) in [5, 5.41) is 15.2. The lowest BCUT2D eigenvalue weighted by Gasteiger charge is -2.29. The van der Waals surface area contributed by atoms with Crippen LogP contribution in [0.1, 0.15) is 53.0 Å². The number of nitrogens with one attached hydrogen (secondary N) is 2. The molecule has 3 amide bonds. The molecule has 0 saturated carbocycles. The van der Waals surface area contributed by atoms with Gasteiger partial charge in [0.05, 0.1) is 17.1 Å². The van der Waals surface area contributed by atoms with Gasteiger partial charge in [-0.25, -0.2) is 4.79 Å². The molecule has 204 valence electrons. The number of allylic oxidation sites excluding steroid dienone is 2. The number of nitrogens with zero attached hydrogens (tertiary/aromatic N) is 1. The molecule has 3 N–H and O–H groups in total. The number of hydrogen-bond donors (Lipinski definition) is 3. The molecule has 37 heavy (non-hydrogen) atoms. The highest BCUT2D eigenvalue weighted by atomic mass is 79.9. The molecule has 1 aliphatic rings. The number of amides is 3. The van der Waals surface area contributed by atoms with Gasteiger partial charge in [-0.1, -0.05) is 31.6 Å². The third-order valence-electron chi connectivity index (χ3n) is 6.40. The van der Waals surface area contributed by atoms with E-state index in [-0.39, 0.29) is 42.6 Å². The first-order chi connectivity index (χ1) is 17.3. The van der Waals surface area contributed by atoms with Crippen LogP contribution in [-0.4, -0.2) is 65.5 Å². The van der Waals surface area contributed by atoms with Gasteiger partial charge >= 0.3 is 5.97 Å². The third-order valence-corrected chi connectivity index (χ3v) is 7.03. The number of hydrogen-bond acceptors (Lipinski definition) is 6. The lowest BCUT2D eigenvalue weighted by molar-refractivity contribution is -0.153. The molecule has 0 radical (unpaired) electrons. The van der Waals surface area contributed by atoms with Crippen molar-refractivity contribution in [3.63, 3.8) is 0 Å². The first-order valence-corrected chi connectivity index (χ1v) is 13.3. The standard InChI is InChI=1S/C27H38BrN3O6/c1-15-9-16(2)11-18(4)37-27(36)19(5)30-26(35)22(13-20-7-8-23(32)21(28)12-20)31(6)24(33)14-29-25(34)17(3)10-15/h7-9,12,16-19,22,32H,10-11,13-14H2,1-6H3,(H,29,34)(H,30,35)/b15-9-. The molecule has 0 aliphatic carbocycles. The minimum Gasteiger partial charge on any atom is -0.507 e. The van der Waals surface area contributed by atoms with Gasteiger partial charge in [0.1, 0.15) is 17.8 Å². The molecule has 1 aliphatic heterocycles. The number of halogens is 1. The number of aromatic hydroxyl groups is 1. The predicted octanol–water partition coefficient (Wildman–Crippen LogP) is 3.09.